The van der Waals surface area contributed by atoms with Gasteiger partial charge in [-0.05, 0) is 57.2 Å². The first-order valence-corrected chi connectivity index (χ1v) is 11.8. The third kappa shape index (κ3) is 5.69. The van der Waals surface area contributed by atoms with Crippen LogP contribution in [-0.4, -0.2) is 50.3 Å². The van der Waals surface area contributed by atoms with Crippen LogP contribution in [0.2, 0.25) is 5.02 Å². The Hall–Kier alpha value is -2.84. The number of hydrogen-bond acceptors (Lipinski definition) is 5. The van der Waals surface area contributed by atoms with Crippen molar-refractivity contribution < 1.29 is 9.59 Å². The van der Waals surface area contributed by atoms with E-state index < -0.39 is 0 Å². The minimum atomic E-state index is -0.159. The molecule has 0 saturated heterocycles. The van der Waals surface area contributed by atoms with E-state index in [1.165, 1.54) is 11.8 Å². The number of carbonyl (C=O) groups excluding carboxylic acids is 2. The predicted molar refractivity (Wildman–Crippen MR) is 129 cm³/mol. The minimum Gasteiger partial charge on any atom is -0.339 e. The second-order valence-corrected chi connectivity index (χ2v) is 8.33. The van der Waals surface area contributed by atoms with E-state index in [1.54, 1.807) is 29.2 Å². The van der Waals surface area contributed by atoms with Crippen LogP contribution in [0.25, 0.3) is 11.4 Å². The molecular weight excluding hydrogens is 446 g/mol. The number of aromatic nitrogens is 3. The molecule has 32 heavy (non-hydrogen) atoms. The highest BCUT2D eigenvalue weighted by Gasteiger charge is 2.16. The van der Waals surface area contributed by atoms with E-state index in [4.69, 9.17) is 11.6 Å². The number of benzene rings is 2. The van der Waals surface area contributed by atoms with Crippen LogP contribution < -0.4 is 5.32 Å². The Bertz CT molecular complexity index is 1080. The van der Waals surface area contributed by atoms with Gasteiger partial charge in [-0.25, -0.2) is 0 Å². The second kappa shape index (κ2) is 11.2. The van der Waals surface area contributed by atoms with Crippen molar-refractivity contribution in [1.82, 2.24) is 19.7 Å². The summed E-state index contributed by atoms with van der Waals surface area (Å²) in [7, 11) is 0. The van der Waals surface area contributed by atoms with Crippen molar-refractivity contribution in [3.05, 3.63) is 59.1 Å². The minimum absolute atomic E-state index is 0.0159. The van der Waals surface area contributed by atoms with Crippen LogP contribution in [0.4, 0.5) is 5.69 Å². The molecule has 0 atom stereocenters. The largest absolute Gasteiger partial charge is 0.339 e. The quantitative estimate of drug-likeness (QED) is 0.452. The van der Waals surface area contributed by atoms with Gasteiger partial charge in [0, 0.05) is 41.5 Å². The van der Waals surface area contributed by atoms with Gasteiger partial charge in [-0.2, -0.15) is 0 Å². The van der Waals surface area contributed by atoms with E-state index >= 15 is 0 Å². The first-order chi connectivity index (χ1) is 15.5. The number of carbonyl (C=O) groups is 2. The highest BCUT2D eigenvalue weighted by atomic mass is 35.5. The zero-order chi connectivity index (χ0) is 23.1. The number of hydrogen-bond donors (Lipinski definition) is 1. The van der Waals surface area contributed by atoms with Crippen molar-refractivity contribution in [3.8, 4) is 11.4 Å². The van der Waals surface area contributed by atoms with E-state index in [1.807, 2.05) is 49.6 Å². The normalized spacial score (nSPS) is 10.8. The molecule has 3 aromatic rings. The molecule has 1 heterocycles. The molecule has 9 heteroatoms. The van der Waals surface area contributed by atoms with Crippen LogP contribution in [0.5, 0.6) is 0 Å². The maximum atomic E-state index is 12.4. The SMILES string of the molecule is CCN(CC)C(=O)c1ccc(NC(=O)CSc2nnc(-c3cccc(Cl)c3)n2CC)cc1. The summed E-state index contributed by atoms with van der Waals surface area (Å²) in [5.41, 5.74) is 2.12. The van der Waals surface area contributed by atoms with Gasteiger partial charge in [0.2, 0.25) is 5.91 Å². The van der Waals surface area contributed by atoms with Crippen LogP contribution in [0.3, 0.4) is 0 Å². The molecule has 1 N–H and O–H groups in total. The zero-order valence-electron chi connectivity index (χ0n) is 18.3. The molecule has 0 aliphatic heterocycles. The molecule has 1 aromatic heterocycles. The van der Waals surface area contributed by atoms with Gasteiger partial charge in [0.05, 0.1) is 5.75 Å². The molecule has 168 valence electrons. The van der Waals surface area contributed by atoms with Crippen LogP contribution in [0.15, 0.2) is 53.7 Å². The fraction of sp³-hybridized carbons (Fsp3) is 0.304. The van der Waals surface area contributed by atoms with Gasteiger partial charge in [-0.3, -0.25) is 9.59 Å². The first kappa shape index (κ1) is 23.8. The molecule has 0 unspecified atom stereocenters. The summed E-state index contributed by atoms with van der Waals surface area (Å²) in [6, 6.07) is 14.4. The lowest BCUT2D eigenvalue weighted by atomic mass is 10.2. The second-order valence-electron chi connectivity index (χ2n) is 6.95. The van der Waals surface area contributed by atoms with Crippen LogP contribution in [0, 0.1) is 0 Å². The zero-order valence-corrected chi connectivity index (χ0v) is 19.9. The van der Waals surface area contributed by atoms with Crippen molar-refractivity contribution in [2.75, 3.05) is 24.2 Å². The number of nitrogens with zero attached hydrogens (tertiary/aromatic N) is 4. The third-order valence-electron chi connectivity index (χ3n) is 4.91. The monoisotopic (exact) mass is 471 g/mol. The Kier molecular flexibility index (Phi) is 8.30. The number of thioether (sulfide) groups is 1. The van der Waals surface area contributed by atoms with Gasteiger partial charge in [-0.15, -0.1) is 10.2 Å². The van der Waals surface area contributed by atoms with Crippen LogP contribution in [0.1, 0.15) is 31.1 Å². The standard InChI is InChI=1S/C23H26ClN5O2S/c1-4-28(5-2)22(31)16-10-12-19(13-11-16)25-20(30)15-32-23-27-26-21(29(23)6-3)17-8-7-9-18(24)14-17/h7-14H,4-6,15H2,1-3H3,(H,25,30). The average molecular weight is 472 g/mol. The summed E-state index contributed by atoms with van der Waals surface area (Å²) in [5, 5.41) is 12.7. The molecule has 0 radical (unpaired) electrons. The van der Waals surface area contributed by atoms with E-state index in [0.29, 0.717) is 46.9 Å². The Balaban J connectivity index is 1.61. The summed E-state index contributed by atoms with van der Waals surface area (Å²) in [6.45, 7) is 7.89. The molecule has 0 fully saturated rings. The van der Waals surface area contributed by atoms with Crippen molar-refractivity contribution in [2.24, 2.45) is 0 Å². The highest BCUT2D eigenvalue weighted by Crippen LogP contribution is 2.26. The fourth-order valence-electron chi connectivity index (χ4n) is 3.24. The number of anilines is 1. The number of halogens is 1. The molecule has 3 rings (SSSR count). The van der Waals surface area contributed by atoms with Crippen molar-refractivity contribution in [1.29, 1.82) is 0 Å². The molecule has 0 saturated carbocycles. The van der Waals surface area contributed by atoms with Gasteiger partial charge >= 0.3 is 0 Å². The Morgan fingerprint density at radius 2 is 1.78 bits per heavy atom. The molecule has 0 aliphatic rings. The smallest absolute Gasteiger partial charge is 0.253 e. The molecule has 0 bridgehead atoms. The number of rotatable bonds is 9. The maximum absolute atomic E-state index is 12.4. The van der Waals surface area contributed by atoms with Gasteiger partial charge in [0.25, 0.3) is 5.91 Å². The lowest BCUT2D eigenvalue weighted by Gasteiger charge is -2.18. The topological polar surface area (TPSA) is 80.1 Å². The molecular formula is C23H26ClN5O2S. The molecule has 2 amide bonds. The van der Waals surface area contributed by atoms with Gasteiger partial charge in [-0.1, -0.05) is 35.5 Å². The number of amides is 2. The van der Waals surface area contributed by atoms with Crippen LogP contribution >= 0.6 is 23.4 Å². The third-order valence-corrected chi connectivity index (χ3v) is 6.12. The van der Waals surface area contributed by atoms with Crippen molar-refractivity contribution in [2.45, 2.75) is 32.5 Å². The van der Waals surface area contributed by atoms with E-state index in [9.17, 15) is 9.59 Å². The first-order valence-electron chi connectivity index (χ1n) is 10.5. The Labute approximate surface area is 197 Å². The Morgan fingerprint density at radius 1 is 1.06 bits per heavy atom. The lowest BCUT2D eigenvalue weighted by molar-refractivity contribution is -0.113. The summed E-state index contributed by atoms with van der Waals surface area (Å²) < 4.78 is 1.96. The summed E-state index contributed by atoms with van der Waals surface area (Å²) >= 11 is 7.42. The van der Waals surface area contributed by atoms with Gasteiger partial charge in [0.1, 0.15) is 0 Å². The van der Waals surface area contributed by atoms with Gasteiger partial charge in [0.15, 0.2) is 11.0 Å². The molecule has 7 nitrogen and oxygen atoms in total. The van der Waals surface area contributed by atoms with E-state index in [-0.39, 0.29) is 17.6 Å². The fourth-order valence-corrected chi connectivity index (χ4v) is 4.23. The van der Waals surface area contributed by atoms with Crippen LogP contribution in [-0.2, 0) is 11.3 Å². The summed E-state index contributed by atoms with van der Waals surface area (Å²) in [4.78, 5) is 26.6. The van der Waals surface area contributed by atoms with Crippen molar-refractivity contribution in [3.63, 3.8) is 0 Å². The molecule has 2 aromatic carbocycles. The molecule has 0 spiro atoms. The Morgan fingerprint density at radius 3 is 2.41 bits per heavy atom. The van der Waals surface area contributed by atoms with E-state index in [2.05, 4.69) is 15.5 Å². The summed E-state index contributed by atoms with van der Waals surface area (Å²) in [6.07, 6.45) is 0. The lowest BCUT2D eigenvalue weighted by Crippen LogP contribution is -2.30. The predicted octanol–water partition coefficient (Wildman–Crippen LogP) is 4.83. The van der Waals surface area contributed by atoms with Crippen molar-refractivity contribution >= 4 is 40.9 Å². The summed E-state index contributed by atoms with van der Waals surface area (Å²) in [5.74, 6) is 0.727. The highest BCUT2D eigenvalue weighted by molar-refractivity contribution is 7.99. The average Bonchev–Trinajstić information content (AvgIpc) is 3.22. The van der Waals surface area contributed by atoms with E-state index in [0.717, 1.165) is 5.56 Å². The molecule has 0 aliphatic carbocycles. The van der Waals surface area contributed by atoms with Gasteiger partial charge < -0.3 is 14.8 Å². The maximum Gasteiger partial charge on any atom is 0.253 e. The number of nitrogens with one attached hydrogen (secondary N) is 1.